The van der Waals surface area contributed by atoms with Crippen molar-refractivity contribution in [2.24, 2.45) is 0 Å². The Labute approximate surface area is 78.8 Å². The molecule has 6 heavy (non-hydrogen) atoms. The van der Waals surface area contributed by atoms with Crippen LogP contribution in [0.25, 0.3) is 0 Å². The van der Waals surface area contributed by atoms with Crippen molar-refractivity contribution in [2.45, 2.75) is 0 Å². The molecule has 0 bridgehead atoms. The van der Waals surface area contributed by atoms with Crippen molar-refractivity contribution in [3.8, 4) is 0 Å². The molecular formula is H4Na2O4. The molecule has 0 aromatic heterocycles. The van der Waals surface area contributed by atoms with Crippen molar-refractivity contribution in [3.05, 3.63) is 0 Å². The average molecular weight is 114 g/mol. The monoisotopic (exact) mass is 114 g/mol. The summed E-state index contributed by atoms with van der Waals surface area (Å²) in [6.45, 7) is 0. The Bertz CT molecular complexity index is 7.51. The molecule has 0 spiro atoms. The van der Waals surface area contributed by atoms with Crippen LogP contribution in [0.15, 0.2) is 0 Å². The predicted molar refractivity (Wildman–Crippen MR) is 21.7 cm³/mol. The van der Waals surface area contributed by atoms with Gasteiger partial charge in [-0.05, 0) is 10.1 Å². The zero-order valence-electron chi connectivity index (χ0n) is 1.71. The van der Waals surface area contributed by atoms with Crippen LogP contribution in [0.4, 0.5) is 0 Å². The topological polar surface area (TPSA) is 58.9 Å². The fraction of sp³-hybridized carbons (Fsp3) is 0. The number of rotatable bonds is 1. The van der Waals surface area contributed by atoms with Gasteiger partial charge in [-0.15, -0.1) is 0 Å². The number of hydrogen-bond acceptors (Lipinski definition) is 4. The first-order valence-electron chi connectivity index (χ1n) is 0.532. The molecule has 0 rings (SSSR count). The van der Waals surface area contributed by atoms with E-state index in [9.17, 15) is 0 Å². The molecule has 0 aromatic carbocycles. The molecule has 0 aliphatic heterocycles. The van der Waals surface area contributed by atoms with Gasteiger partial charge in [-0.2, -0.15) is 0 Å². The second-order valence-electron chi connectivity index (χ2n) is 0.149. The van der Waals surface area contributed by atoms with Gasteiger partial charge in [0.1, 0.15) is 0 Å². The van der Waals surface area contributed by atoms with Crippen molar-refractivity contribution < 1.29 is 20.6 Å². The first-order valence-corrected chi connectivity index (χ1v) is 0.532. The first kappa shape index (κ1) is 15.7. The maximum atomic E-state index is 6.90. The summed E-state index contributed by atoms with van der Waals surface area (Å²) in [7, 11) is 0. The van der Waals surface area contributed by atoms with Gasteiger partial charge >= 0.3 is 59.1 Å². The van der Waals surface area contributed by atoms with E-state index in [-0.39, 0.29) is 59.1 Å². The van der Waals surface area contributed by atoms with Crippen molar-refractivity contribution >= 4 is 59.1 Å². The Balaban J connectivity index is -0.0000000450. The molecule has 0 aliphatic carbocycles. The van der Waals surface area contributed by atoms with Gasteiger partial charge in [-0.3, -0.25) is 0 Å². The summed E-state index contributed by atoms with van der Waals surface area (Å²) in [5.74, 6) is 0. The van der Waals surface area contributed by atoms with Gasteiger partial charge in [0.25, 0.3) is 0 Å². The molecule has 6 heteroatoms. The minimum atomic E-state index is 0. The summed E-state index contributed by atoms with van der Waals surface area (Å²) < 4.78 is 0. The van der Waals surface area contributed by atoms with Gasteiger partial charge in [0, 0.05) is 0 Å². The van der Waals surface area contributed by atoms with Crippen LogP contribution in [0.2, 0.25) is 0 Å². The third kappa shape index (κ3) is 17.0. The summed E-state index contributed by atoms with van der Waals surface area (Å²) in [6, 6.07) is 0. The van der Waals surface area contributed by atoms with Gasteiger partial charge in [0.15, 0.2) is 0 Å². The van der Waals surface area contributed by atoms with Crippen LogP contribution in [0.3, 0.4) is 0 Å². The molecule has 2 N–H and O–H groups in total. The van der Waals surface area contributed by atoms with E-state index in [4.69, 9.17) is 10.5 Å². The van der Waals surface area contributed by atoms with Crippen LogP contribution in [0.5, 0.6) is 0 Å². The molecule has 0 atom stereocenters. The summed E-state index contributed by atoms with van der Waals surface area (Å²) in [4.78, 5) is 0. The standard InChI is InChI=1S/2Na.H2O4.2H/c;;1-3-4-2;;/h;;1-2H;;. The number of hydrogen-bond donors (Lipinski definition) is 2. The molecule has 30 valence electrons. The summed E-state index contributed by atoms with van der Waals surface area (Å²) in [6.07, 6.45) is 0. The SMILES string of the molecule is OOOO.[NaH].[NaH]. The van der Waals surface area contributed by atoms with Crippen LogP contribution >= 0.6 is 0 Å². The van der Waals surface area contributed by atoms with Crippen LogP contribution in [0, 0.1) is 0 Å². The summed E-state index contributed by atoms with van der Waals surface area (Å²) in [5, 5.41) is 19.0. The Morgan fingerprint density at radius 3 is 1.00 bits per heavy atom. The van der Waals surface area contributed by atoms with Crippen molar-refractivity contribution in [2.75, 3.05) is 0 Å². The predicted octanol–water partition coefficient (Wildman–Crippen LogP) is -1.42. The van der Waals surface area contributed by atoms with E-state index in [0.717, 1.165) is 0 Å². The molecule has 0 amide bonds. The second kappa shape index (κ2) is 15.8. The molecule has 0 radical (unpaired) electrons. The molecule has 0 heterocycles. The quantitative estimate of drug-likeness (QED) is 0.249. The van der Waals surface area contributed by atoms with E-state index < -0.39 is 0 Å². The Hall–Kier alpha value is 1.84. The van der Waals surface area contributed by atoms with Crippen LogP contribution < -0.4 is 0 Å². The fourth-order valence-electron chi connectivity index (χ4n) is 0. The van der Waals surface area contributed by atoms with E-state index in [1.807, 2.05) is 0 Å². The van der Waals surface area contributed by atoms with Crippen molar-refractivity contribution in [3.63, 3.8) is 0 Å². The second-order valence-corrected chi connectivity index (χ2v) is 0.149. The normalized spacial score (nSPS) is 5.00. The van der Waals surface area contributed by atoms with Gasteiger partial charge < -0.3 is 0 Å². The molecule has 0 fully saturated rings. The average Bonchev–Trinajstić information content (AvgIpc) is 1.37. The fourth-order valence-corrected chi connectivity index (χ4v) is 0. The Morgan fingerprint density at radius 2 is 1.00 bits per heavy atom. The first-order chi connectivity index (χ1) is 1.91. The van der Waals surface area contributed by atoms with Crippen molar-refractivity contribution in [1.29, 1.82) is 0 Å². The maximum absolute atomic E-state index is 6.90. The van der Waals surface area contributed by atoms with Crippen LogP contribution in [-0.4, -0.2) is 69.6 Å². The third-order valence-electron chi connectivity index (χ3n) is 0.0333. The summed E-state index contributed by atoms with van der Waals surface area (Å²) in [5.41, 5.74) is 0. The van der Waals surface area contributed by atoms with E-state index in [0.29, 0.717) is 0 Å². The molecule has 0 saturated heterocycles. The van der Waals surface area contributed by atoms with Crippen molar-refractivity contribution in [1.82, 2.24) is 0 Å². The molecule has 0 saturated carbocycles. The minimum absolute atomic E-state index is 0. The third-order valence-corrected chi connectivity index (χ3v) is 0.0333. The molecule has 0 unspecified atom stereocenters. The zero-order valence-corrected chi connectivity index (χ0v) is 1.71. The van der Waals surface area contributed by atoms with E-state index in [1.165, 1.54) is 0 Å². The Morgan fingerprint density at radius 1 is 0.833 bits per heavy atom. The van der Waals surface area contributed by atoms with Gasteiger partial charge in [-0.25, -0.2) is 10.5 Å². The van der Waals surface area contributed by atoms with Gasteiger partial charge in [0.2, 0.25) is 0 Å². The van der Waals surface area contributed by atoms with Gasteiger partial charge in [-0.1, -0.05) is 0 Å². The van der Waals surface area contributed by atoms with E-state index >= 15 is 0 Å². The van der Waals surface area contributed by atoms with Crippen LogP contribution in [-0.2, 0) is 10.1 Å². The van der Waals surface area contributed by atoms with E-state index in [1.54, 1.807) is 0 Å². The molecular weight excluding hydrogens is 110 g/mol. The Kier molecular flexibility index (Phi) is 41.3. The molecule has 0 aliphatic rings. The molecule has 0 aromatic rings. The zero-order chi connectivity index (χ0) is 3.41. The molecule has 4 nitrogen and oxygen atoms in total. The summed E-state index contributed by atoms with van der Waals surface area (Å²) >= 11 is 0. The van der Waals surface area contributed by atoms with E-state index in [2.05, 4.69) is 10.1 Å². The van der Waals surface area contributed by atoms with Crippen LogP contribution in [0.1, 0.15) is 0 Å². The van der Waals surface area contributed by atoms with Gasteiger partial charge in [0.05, 0.1) is 0 Å².